The van der Waals surface area contributed by atoms with Crippen LogP contribution < -0.4 is 5.32 Å². The molecule has 1 atom stereocenters. The predicted octanol–water partition coefficient (Wildman–Crippen LogP) is 3.13. The second-order valence-corrected chi connectivity index (χ2v) is 8.31. The number of benzene rings is 2. The Bertz CT molecular complexity index is 932. The topological polar surface area (TPSA) is 84.9 Å². The maximum Gasteiger partial charge on any atom is 0.339 e. The first-order valence-corrected chi connectivity index (χ1v) is 11.1. The van der Waals surface area contributed by atoms with Crippen LogP contribution in [-0.4, -0.2) is 60.8 Å². The number of hydrogen-bond acceptors (Lipinski definition) is 6. The van der Waals surface area contributed by atoms with Gasteiger partial charge in [-0.25, -0.2) is 4.79 Å². The Labute approximate surface area is 186 Å². The van der Waals surface area contributed by atoms with Crippen LogP contribution in [0.15, 0.2) is 53.4 Å². The average Bonchev–Trinajstić information content (AvgIpc) is 2.77. The lowest BCUT2D eigenvalue weighted by atomic mass is 10.2. The third-order valence-corrected chi connectivity index (χ3v) is 5.80. The van der Waals surface area contributed by atoms with E-state index < -0.39 is 5.97 Å². The third kappa shape index (κ3) is 6.83. The number of thioether (sulfide) groups is 1. The molecule has 0 bridgehead atoms. The zero-order valence-electron chi connectivity index (χ0n) is 17.6. The van der Waals surface area contributed by atoms with E-state index in [0.717, 1.165) is 11.3 Å². The highest BCUT2D eigenvalue weighted by molar-refractivity contribution is 8.00. The van der Waals surface area contributed by atoms with Crippen LogP contribution in [0.5, 0.6) is 0 Å². The van der Waals surface area contributed by atoms with E-state index in [1.807, 2.05) is 38.1 Å². The van der Waals surface area contributed by atoms with Crippen LogP contribution in [0.1, 0.15) is 22.8 Å². The van der Waals surface area contributed by atoms with E-state index in [0.29, 0.717) is 30.2 Å². The zero-order chi connectivity index (χ0) is 22.2. The van der Waals surface area contributed by atoms with Crippen LogP contribution in [0.25, 0.3) is 0 Å². The molecule has 0 saturated carbocycles. The SMILES string of the molecule is Cc1ccc(NC(=O)CSc2ccccc2C(=O)OCC(=O)N2CCOC(C)C2)cc1. The second-order valence-electron chi connectivity index (χ2n) is 7.30. The van der Waals surface area contributed by atoms with Gasteiger partial charge >= 0.3 is 5.97 Å². The van der Waals surface area contributed by atoms with Crippen molar-refractivity contribution in [3.05, 3.63) is 59.7 Å². The fourth-order valence-electron chi connectivity index (χ4n) is 3.08. The maximum absolute atomic E-state index is 12.6. The Morgan fingerprint density at radius 3 is 2.65 bits per heavy atom. The molecule has 2 aromatic carbocycles. The Morgan fingerprint density at radius 2 is 1.90 bits per heavy atom. The quantitative estimate of drug-likeness (QED) is 0.524. The van der Waals surface area contributed by atoms with E-state index in [4.69, 9.17) is 9.47 Å². The van der Waals surface area contributed by atoms with Crippen LogP contribution in [0, 0.1) is 6.92 Å². The highest BCUT2D eigenvalue weighted by Crippen LogP contribution is 2.24. The van der Waals surface area contributed by atoms with Crippen LogP contribution in [0.4, 0.5) is 5.69 Å². The molecule has 31 heavy (non-hydrogen) atoms. The zero-order valence-corrected chi connectivity index (χ0v) is 18.4. The molecule has 1 aliphatic heterocycles. The highest BCUT2D eigenvalue weighted by atomic mass is 32.2. The van der Waals surface area contributed by atoms with Crippen LogP contribution in [-0.2, 0) is 19.1 Å². The summed E-state index contributed by atoms with van der Waals surface area (Å²) < 4.78 is 10.7. The molecule has 3 rings (SSSR count). The number of carbonyl (C=O) groups is 3. The van der Waals surface area contributed by atoms with Gasteiger partial charge in [0, 0.05) is 23.7 Å². The van der Waals surface area contributed by atoms with Crippen molar-refractivity contribution in [1.82, 2.24) is 4.90 Å². The molecule has 1 heterocycles. The number of aryl methyl sites for hydroxylation is 1. The molecular weight excluding hydrogens is 416 g/mol. The lowest BCUT2D eigenvalue weighted by Gasteiger charge is -2.30. The maximum atomic E-state index is 12.6. The molecule has 0 aromatic heterocycles. The predicted molar refractivity (Wildman–Crippen MR) is 119 cm³/mol. The van der Waals surface area contributed by atoms with Gasteiger partial charge in [-0.15, -0.1) is 11.8 Å². The Hall–Kier alpha value is -2.84. The van der Waals surface area contributed by atoms with E-state index >= 15 is 0 Å². The summed E-state index contributed by atoms with van der Waals surface area (Å²) in [7, 11) is 0. The molecule has 1 N–H and O–H groups in total. The van der Waals surface area contributed by atoms with Crippen LogP contribution >= 0.6 is 11.8 Å². The van der Waals surface area contributed by atoms with Gasteiger partial charge in [-0.1, -0.05) is 29.8 Å². The van der Waals surface area contributed by atoms with Crippen molar-refractivity contribution in [1.29, 1.82) is 0 Å². The number of anilines is 1. The van der Waals surface area contributed by atoms with Gasteiger partial charge in [0.2, 0.25) is 5.91 Å². The first-order chi connectivity index (χ1) is 14.9. The van der Waals surface area contributed by atoms with Gasteiger partial charge in [-0.2, -0.15) is 0 Å². The minimum atomic E-state index is -0.586. The number of nitrogens with one attached hydrogen (secondary N) is 1. The lowest BCUT2D eigenvalue weighted by Crippen LogP contribution is -2.46. The van der Waals surface area contributed by atoms with Crippen molar-refractivity contribution in [3.63, 3.8) is 0 Å². The molecule has 2 aromatic rings. The van der Waals surface area contributed by atoms with E-state index in [-0.39, 0.29) is 30.3 Å². The van der Waals surface area contributed by atoms with Crippen LogP contribution in [0.3, 0.4) is 0 Å². The summed E-state index contributed by atoms with van der Waals surface area (Å²) in [5.41, 5.74) is 2.17. The first-order valence-electron chi connectivity index (χ1n) is 10.1. The number of amides is 2. The van der Waals surface area contributed by atoms with Crippen molar-refractivity contribution in [2.75, 3.05) is 37.4 Å². The summed E-state index contributed by atoms with van der Waals surface area (Å²) in [6, 6.07) is 14.4. The second kappa shape index (κ2) is 11.0. The number of carbonyl (C=O) groups excluding carboxylic acids is 3. The van der Waals surface area contributed by atoms with Crippen molar-refractivity contribution in [2.24, 2.45) is 0 Å². The molecule has 164 valence electrons. The van der Waals surface area contributed by atoms with Gasteiger partial charge in [0.15, 0.2) is 6.61 Å². The van der Waals surface area contributed by atoms with Gasteiger partial charge in [0.25, 0.3) is 5.91 Å². The van der Waals surface area contributed by atoms with Crippen molar-refractivity contribution in [3.8, 4) is 0 Å². The Kier molecular flexibility index (Phi) is 8.08. The van der Waals surface area contributed by atoms with Gasteiger partial charge < -0.3 is 19.7 Å². The van der Waals surface area contributed by atoms with Crippen molar-refractivity contribution < 1.29 is 23.9 Å². The molecule has 8 heteroatoms. The molecule has 1 saturated heterocycles. The fraction of sp³-hybridized carbons (Fsp3) is 0.348. The van der Waals surface area contributed by atoms with Gasteiger partial charge in [0.1, 0.15) is 0 Å². The molecular formula is C23H26N2O5S. The summed E-state index contributed by atoms with van der Waals surface area (Å²) >= 11 is 1.24. The van der Waals surface area contributed by atoms with Gasteiger partial charge in [-0.05, 0) is 38.1 Å². The molecule has 0 aliphatic carbocycles. The standard InChI is InChI=1S/C23H26N2O5S/c1-16-7-9-18(10-8-16)24-21(26)15-31-20-6-4-3-5-19(20)23(28)30-14-22(27)25-11-12-29-17(2)13-25/h3-10,17H,11-15H2,1-2H3,(H,24,26). The Balaban J connectivity index is 1.52. The monoisotopic (exact) mass is 442 g/mol. The molecule has 1 aliphatic rings. The first kappa shape index (κ1) is 22.8. The number of ether oxygens (including phenoxy) is 2. The lowest BCUT2D eigenvalue weighted by molar-refractivity contribution is -0.141. The van der Waals surface area contributed by atoms with Crippen molar-refractivity contribution >= 4 is 35.2 Å². The number of morpholine rings is 1. The highest BCUT2D eigenvalue weighted by Gasteiger charge is 2.23. The molecule has 1 fully saturated rings. The largest absolute Gasteiger partial charge is 0.452 e. The summed E-state index contributed by atoms with van der Waals surface area (Å²) in [6.07, 6.45) is -0.0309. The average molecular weight is 443 g/mol. The number of esters is 1. The summed E-state index contributed by atoms with van der Waals surface area (Å²) in [5, 5.41) is 2.83. The van der Waals surface area contributed by atoms with E-state index in [1.165, 1.54) is 11.8 Å². The summed E-state index contributed by atoms with van der Waals surface area (Å²) in [6.45, 7) is 5.01. The van der Waals surface area contributed by atoms with E-state index in [2.05, 4.69) is 5.32 Å². The minimum absolute atomic E-state index is 0.0309. The number of hydrogen-bond donors (Lipinski definition) is 1. The summed E-state index contributed by atoms with van der Waals surface area (Å²) in [5.74, 6) is -0.862. The molecule has 2 amide bonds. The fourth-order valence-corrected chi connectivity index (χ4v) is 3.92. The molecule has 0 radical (unpaired) electrons. The van der Waals surface area contributed by atoms with E-state index in [9.17, 15) is 14.4 Å². The van der Waals surface area contributed by atoms with Gasteiger partial charge in [-0.3, -0.25) is 9.59 Å². The normalized spacial score (nSPS) is 15.9. The molecule has 1 unspecified atom stereocenters. The minimum Gasteiger partial charge on any atom is -0.452 e. The van der Waals surface area contributed by atoms with Crippen molar-refractivity contribution in [2.45, 2.75) is 24.8 Å². The smallest absolute Gasteiger partial charge is 0.339 e. The molecule has 7 nitrogen and oxygen atoms in total. The van der Waals surface area contributed by atoms with Gasteiger partial charge in [0.05, 0.1) is 24.0 Å². The number of rotatable bonds is 7. The Morgan fingerprint density at radius 1 is 1.16 bits per heavy atom. The number of nitrogens with zero attached hydrogens (tertiary/aromatic N) is 1. The van der Waals surface area contributed by atoms with Crippen LogP contribution in [0.2, 0.25) is 0 Å². The van der Waals surface area contributed by atoms with E-state index in [1.54, 1.807) is 29.2 Å². The third-order valence-electron chi connectivity index (χ3n) is 4.72. The summed E-state index contributed by atoms with van der Waals surface area (Å²) in [4.78, 5) is 39.4. The molecule has 0 spiro atoms.